The summed E-state index contributed by atoms with van der Waals surface area (Å²) in [5.41, 5.74) is 2.54. The van der Waals surface area contributed by atoms with Gasteiger partial charge in [0.2, 0.25) is 0 Å². The minimum atomic E-state index is -0.147. The van der Waals surface area contributed by atoms with Crippen molar-refractivity contribution in [3.63, 3.8) is 0 Å². The van der Waals surface area contributed by atoms with E-state index in [1.807, 2.05) is 32.0 Å². The number of carbonyl (C=O) groups is 1. The van der Waals surface area contributed by atoms with Crippen LogP contribution in [0.3, 0.4) is 0 Å². The highest BCUT2D eigenvalue weighted by Gasteiger charge is 2.16. The van der Waals surface area contributed by atoms with Crippen molar-refractivity contribution < 1.29 is 9.53 Å². The van der Waals surface area contributed by atoms with Crippen LogP contribution >= 0.6 is 0 Å². The van der Waals surface area contributed by atoms with E-state index in [-0.39, 0.29) is 17.5 Å². The number of benzene rings is 1. The first-order valence-corrected chi connectivity index (χ1v) is 6.54. The van der Waals surface area contributed by atoms with Crippen molar-refractivity contribution in [1.82, 2.24) is 0 Å². The highest BCUT2D eigenvalue weighted by molar-refractivity contribution is 5.73. The van der Waals surface area contributed by atoms with Crippen molar-refractivity contribution in [1.29, 1.82) is 0 Å². The van der Waals surface area contributed by atoms with Crippen LogP contribution in [-0.2, 0) is 22.4 Å². The van der Waals surface area contributed by atoms with Gasteiger partial charge in [-0.1, -0.05) is 45.0 Å². The first kappa shape index (κ1) is 14.7. The molecule has 0 spiro atoms. The van der Waals surface area contributed by atoms with Gasteiger partial charge in [-0.3, -0.25) is 4.79 Å². The highest BCUT2D eigenvalue weighted by atomic mass is 16.5. The van der Waals surface area contributed by atoms with Crippen molar-refractivity contribution >= 4 is 5.97 Å². The summed E-state index contributed by atoms with van der Waals surface area (Å²) in [6.07, 6.45) is 1.29. The van der Waals surface area contributed by atoms with Crippen LogP contribution in [0, 0.1) is 5.41 Å². The zero-order valence-corrected chi connectivity index (χ0v) is 12.1. The lowest BCUT2D eigenvalue weighted by molar-refractivity contribution is -0.146. The topological polar surface area (TPSA) is 26.3 Å². The zero-order valence-electron chi connectivity index (χ0n) is 12.1. The molecular formula is C16H24O2. The second-order valence-corrected chi connectivity index (χ2v) is 6.22. The molecule has 0 atom stereocenters. The van der Waals surface area contributed by atoms with Crippen LogP contribution in [0.1, 0.15) is 45.7 Å². The van der Waals surface area contributed by atoms with Gasteiger partial charge in [-0.2, -0.15) is 0 Å². The summed E-state index contributed by atoms with van der Waals surface area (Å²) in [6, 6.07) is 8.12. The second kappa shape index (κ2) is 6.03. The molecule has 0 heterocycles. The van der Waals surface area contributed by atoms with Crippen LogP contribution in [0.2, 0.25) is 0 Å². The van der Waals surface area contributed by atoms with E-state index in [2.05, 4.69) is 26.8 Å². The molecule has 0 aromatic heterocycles. The summed E-state index contributed by atoms with van der Waals surface area (Å²) < 4.78 is 5.20. The third-order valence-electron chi connectivity index (χ3n) is 2.54. The molecule has 1 aromatic rings. The van der Waals surface area contributed by atoms with E-state index in [1.165, 1.54) is 5.56 Å². The summed E-state index contributed by atoms with van der Waals surface area (Å²) in [5.74, 6) is -0.147. The van der Waals surface area contributed by atoms with Gasteiger partial charge < -0.3 is 4.74 Å². The monoisotopic (exact) mass is 248 g/mol. The SMILES string of the molecule is CC(C)OC(=O)Cc1ccccc1CC(C)(C)C. The molecule has 0 bridgehead atoms. The quantitative estimate of drug-likeness (QED) is 0.758. The third kappa shape index (κ3) is 5.35. The Hall–Kier alpha value is -1.31. The average Bonchev–Trinajstić information content (AvgIpc) is 2.17. The number of hydrogen-bond acceptors (Lipinski definition) is 2. The molecule has 0 saturated heterocycles. The molecule has 0 N–H and O–H groups in total. The maximum atomic E-state index is 11.7. The highest BCUT2D eigenvalue weighted by Crippen LogP contribution is 2.23. The lowest BCUT2D eigenvalue weighted by Gasteiger charge is -2.20. The van der Waals surface area contributed by atoms with Crippen molar-refractivity contribution in [2.45, 2.75) is 53.6 Å². The second-order valence-electron chi connectivity index (χ2n) is 6.22. The summed E-state index contributed by atoms with van der Waals surface area (Å²) in [7, 11) is 0. The molecule has 0 aliphatic heterocycles. The first-order valence-electron chi connectivity index (χ1n) is 6.54. The molecule has 1 aromatic carbocycles. The van der Waals surface area contributed by atoms with Gasteiger partial charge in [0, 0.05) is 0 Å². The Morgan fingerprint density at radius 2 is 1.72 bits per heavy atom. The van der Waals surface area contributed by atoms with Crippen molar-refractivity contribution in [2.75, 3.05) is 0 Å². The summed E-state index contributed by atoms with van der Waals surface area (Å²) in [5, 5.41) is 0. The lowest BCUT2D eigenvalue weighted by atomic mass is 9.86. The van der Waals surface area contributed by atoms with Gasteiger partial charge in [0.25, 0.3) is 0 Å². The number of esters is 1. The molecule has 0 fully saturated rings. The van der Waals surface area contributed by atoms with Crippen LogP contribution in [-0.4, -0.2) is 12.1 Å². The van der Waals surface area contributed by atoms with E-state index in [0.717, 1.165) is 12.0 Å². The lowest BCUT2D eigenvalue weighted by Crippen LogP contribution is -2.16. The maximum absolute atomic E-state index is 11.7. The third-order valence-corrected chi connectivity index (χ3v) is 2.54. The molecule has 0 unspecified atom stereocenters. The van der Waals surface area contributed by atoms with Gasteiger partial charge in [0.05, 0.1) is 12.5 Å². The summed E-state index contributed by atoms with van der Waals surface area (Å²) >= 11 is 0. The van der Waals surface area contributed by atoms with E-state index in [1.54, 1.807) is 0 Å². The van der Waals surface area contributed by atoms with Crippen LogP contribution in [0.4, 0.5) is 0 Å². The number of carbonyl (C=O) groups excluding carboxylic acids is 1. The Morgan fingerprint density at radius 1 is 1.17 bits per heavy atom. The zero-order chi connectivity index (χ0) is 13.8. The van der Waals surface area contributed by atoms with E-state index < -0.39 is 0 Å². The molecule has 0 amide bonds. The fourth-order valence-corrected chi connectivity index (χ4v) is 1.93. The molecule has 18 heavy (non-hydrogen) atoms. The number of hydrogen-bond donors (Lipinski definition) is 0. The Bertz CT molecular complexity index is 400. The van der Waals surface area contributed by atoms with Crippen LogP contribution in [0.5, 0.6) is 0 Å². The minimum Gasteiger partial charge on any atom is -0.463 e. The fraction of sp³-hybridized carbons (Fsp3) is 0.562. The van der Waals surface area contributed by atoms with Gasteiger partial charge in [0.1, 0.15) is 0 Å². The van der Waals surface area contributed by atoms with Crippen molar-refractivity contribution in [3.05, 3.63) is 35.4 Å². The summed E-state index contributed by atoms with van der Waals surface area (Å²) in [4.78, 5) is 11.7. The van der Waals surface area contributed by atoms with E-state index in [4.69, 9.17) is 4.74 Å². The van der Waals surface area contributed by atoms with Gasteiger partial charge >= 0.3 is 5.97 Å². The molecular weight excluding hydrogens is 224 g/mol. The van der Waals surface area contributed by atoms with Crippen molar-refractivity contribution in [2.24, 2.45) is 5.41 Å². The van der Waals surface area contributed by atoms with E-state index >= 15 is 0 Å². The predicted octanol–water partition coefficient (Wildman–Crippen LogP) is 3.77. The van der Waals surface area contributed by atoms with Crippen LogP contribution in [0.25, 0.3) is 0 Å². The average molecular weight is 248 g/mol. The normalized spacial score (nSPS) is 11.7. The van der Waals surface area contributed by atoms with Gasteiger partial charge in [-0.05, 0) is 36.8 Å². The Morgan fingerprint density at radius 3 is 2.22 bits per heavy atom. The molecule has 2 nitrogen and oxygen atoms in total. The first-order chi connectivity index (χ1) is 8.28. The molecule has 0 aliphatic carbocycles. The Kier molecular flexibility index (Phi) is 4.94. The fourth-order valence-electron chi connectivity index (χ4n) is 1.93. The smallest absolute Gasteiger partial charge is 0.310 e. The van der Waals surface area contributed by atoms with Crippen LogP contribution in [0.15, 0.2) is 24.3 Å². The van der Waals surface area contributed by atoms with Crippen LogP contribution < -0.4 is 0 Å². The molecule has 100 valence electrons. The molecule has 0 radical (unpaired) electrons. The maximum Gasteiger partial charge on any atom is 0.310 e. The van der Waals surface area contributed by atoms with Gasteiger partial charge in [0.15, 0.2) is 0 Å². The Balaban J connectivity index is 2.79. The molecule has 0 saturated carbocycles. The number of ether oxygens (including phenoxy) is 1. The molecule has 2 heteroatoms. The minimum absolute atomic E-state index is 0.0488. The van der Waals surface area contributed by atoms with E-state index in [9.17, 15) is 4.79 Å². The largest absolute Gasteiger partial charge is 0.463 e. The van der Waals surface area contributed by atoms with Crippen molar-refractivity contribution in [3.8, 4) is 0 Å². The standard InChI is InChI=1S/C16H24O2/c1-12(2)18-15(17)10-13-8-6-7-9-14(13)11-16(3,4)5/h6-9,12H,10-11H2,1-5H3. The molecule has 1 rings (SSSR count). The number of rotatable bonds is 4. The van der Waals surface area contributed by atoms with Gasteiger partial charge in [-0.15, -0.1) is 0 Å². The van der Waals surface area contributed by atoms with Gasteiger partial charge in [-0.25, -0.2) is 0 Å². The Labute approximate surface area is 110 Å². The molecule has 0 aliphatic rings. The summed E-state index contributed by atoms with van der Waals surface area (Å²) in [6.45, 7) is 10.4. The predicted molar refractivity (Wildman–Crippen MR) is 74.5 cm³/mol. The van der Waals surface area contributed by atoms with E-state index in [0.29, 0.717) is 6.42 Å².